The fourth-order valence-electron chi connectivity index (χ4n) is 2.81. The molecule has 0 spiro atoms. The summed E-state index contributed by atoms with van der Waals surface area (Å²) < 4.78 is 0. The highest BCUT2D eigenvalue weighted by Gasteiger charge is 2.17. The Balaban J connectivity index is 0.00000225. The van der Waals surface area contributed by atoms with Gasteiger partial charge >= 0.3 is 0 Å². The van der Waals surface area contributed by atoms with E-state index in [4.69, 9.17) is 0 Å². The van der Waals surface area contributed by atoms with E-state index in [2.05, 4.69) is 16.0 Å². The summed E-state index contributed by atoms with van der Waals surface area (Å²) >= 11 is 1.37. The van der Waals surface area contributed by atoms with Gasteiger partial charge in [0.25, 0.3) is 11.8 Å². The van der Waals surface area contributed by atoms with Gasteiger partial charge in [-0.3, -0.25) is 9.59 Å². The standard InChI is InChI=1S/C18H21N3O2S.ClH/c22-17(20-12-13-5-3-9-19-11-13)14-6-1-2-7-15(14)21-18(23)16-8-4-10-24-16;/h1-2,4,6-8,10,13,19H,3,5,9,11-12H2,(H,20,22)(H,21,23);1H. The lowest BCUT2D eigenvalue weighted by Crippen LogP contribution is -2.38. The monoisotopic (exact) mass is 379 g/mol. The van der Waals surface area contributed by atoms with Crippen LogP contribution in [0, 0.1) is 5.92 Å². The van der Waals surface area contributed by atoms with Crippen molar-refractivity contribution in [1.82, 2.24) is 10.6 Å². The molecule has 5 nitrogen and oxygen atoms in total. The molecule has 3 N–H and O–H groups in total. The van der Waals surface area contributed by atoms with Crippen LogP contribution in [-0.2, 0) is 0 Å². The Labute approximate surface area is 157 Å². The van der Waals surface area contributed by atoms with Gasteiger partial charge in [-0.2, -0.15) is 0 Å². The average molecular weight is 380 g/mol. The molecule has 1 aromatic carbocycles. The number of para-hydroxylation sites is 1. The molecule has 0 bridgehead atoms. The fraction of sp³-hybridized carbons (Fsp3) is 0.333. The second kappa shape index (κ2) is 9.56. The van der Waals surface area contributed by atoms with Gasteiger partial charge in [0, 0.05) is 6.54 Å². The maximum atomic E-state index is 12.5. The zero-order valence-electron chi connectivity index (χ0n) is 13.8. The molecule has 0 saturated carbocycles. The van der Waals surface area contributed by atoms with Gasteiger partial charge in [0.05, 0.1) is 16.1 Å². The minimum Gasteiger partial charge on any atom is -0.352 e. The number of piperidine rings is 1. The molecule has 1 aliphatic rings. The minimum absolute atomic E-state index is 0. The van der Waals surface area contributed by atoms with Gasteiger partial charge in [-0.25, -0.2) is 0 Å². The molecule has 2 amide bonds. The van der Waals surface area contributed by atoms with Gasteiger partial charge in [0.1, 0.15) is 0 Å². The van der Waals surface area contributed by atoms with Crippen LogP contribution in [0.15, 0.2) is 41.8 Å². The molecular weight excluding hydrogens is 358 g/mol. The summed E-state index contributed by atoms with van der Waals surface area (Å²) in [4.78, 5) is 25.3. The van der Waals surface area contributed by atoms with Gasteiger partial charge in [-0.15, -0.1) is 23.7 Å². The molecule has 1 fully saturated rings. The summed E-state index contributed by atoms with van der Waals surface area (Å²) in [7, 11) is 0. The van der Waals surface area contributed by atoms with Crippen molar-refractivity contribution in [1.29, 1.82) is 0 Å². The Morgan fingerprint density at radius 3 is 2.72 bits per heavy atom. The molecule has 134 valence electrons. The maximum Gasteiger partial charge on any atom is 0.265 e. The number of rotatable bonds is 5. The van der Waals surface area contributed by atoms with Crippen molar-refractivity contribution in [2.75, 3.05) is 25.0 Å². The van der Waals surface area contributed by atoms with Crippen LogP contribution in [0.4, 0.5) is 5.69 Å². The van der Waals surface area contributed by atoms with E-state index < -0.39 is 0 Å². The summed E-state index contributed by atoms with van der Waals surface area (Å²) in [6.07, 6.45) is 2.28. The van der Waals surface area contributed by atoms with E-state index in [0.29, 0.717) is 28.6 Å². The molecule has 0 aliphatic carbocycles. The number of carbonyl (C=O) groups excluding carboxylic acids is 2. The number of halogens is 1. The molecule has 0 radical (unpaired) electrons. The summed E-state index contributed by atoms with van der Waals surface area (Å²) in [5.74, 6) is 0.125. The van der Waals surface area contributed by atoms with Crippen LogP contribution in [0.3, 0.4) is 0 Å². The first-order valence-corrected chi connectivity index (χ1v) is 9.05. The molecule has 2 heterocycles. The van der Waals surface area contributed by atoms with Crippen molar-refractivity contribution in [2.24, 2.45) is 5.92 Å². The molecule has 7 heteroatoms. The van der Waals surface area contributed by atoms with E-state index in [-0.39, 0.29) is 24.2 Å². The number of hydrogen-bond donors (Lipinski definition) is 3. The maximum absolute atomic E-state index is 12.5. The lowest BCUT2D eigenvalue weighted by Gasteiger charge is -2.23. The highest BCUT2D eigenvalue weighted by molar-refractivity contribution is 7.12. The Bertz CT molecular complexity index is 700. The SMILES string of the molecule is Cl.O=C(Nc1ccccc1C(=O)NCC1CCCNC1)c1cccs1. The molecule has 1 aliphatic heterocycles. The van der Waals surface area contributed by atoms with Crippen molar-refractivity contribution in [3.63, 3.8) is 0 Å². The van der Waals surface area contributed by atoms with Gasteiger partial charge in [-0.1, -0.05) is 18.2 Å². The van der Waals surface area contributed by atoms with Gasteiger partial charge in [-0.05, 0) is 55.4 Å². The van der Waals surface area contributed by atoms with Crippen molar-refractivity contribution in [3.8, 4) is 0 Å². The smallest absolute Gasteiger partial charge is 0.265 e. The second-order valence-corrected chi connectivity index (χ2v) is 6.85. The second-order valence-electron chi connectivity index (χ2n) is 5.90. The third-order valence-electron chi connectivity index (χ3n) is 4.12. The van der Waals surface area contributed by atoms with E-state index in [0.717, 1.165) is 25.9 Å². The molecular formula is C18H22ClN3O2S. The van der Waals surface area contributed by atoms with Crippen LogP contribution in [0.25, 0.3) is 0 Å². The Morgan fingerprint density at radius 2 is 2.00 bits per heavy atom. The number of hydrogen-bond acceptors (Lipinski definition) is 4. The topological polar surface area (TPSA) is 70.2 Å². The lowest BCUT2D eigenvalue weighted by atomic mass is 9.99. The Hall–Kier alpha value is -1.89. The summed E-state index contributed by atoms with van der Waals surface area (Å²) in [5, 5.41) is 11.0. The summed E-state index contributed by atoms with van der Waals surface area (Å²) in [5.41, 5.74) is 1.03. The van der Waals surface area contributed by atoms with Crippen molar-refractivity contribution in [3.05, 3.63) is 52.2 Å². The van der Waals surface area contributed by atoms with Gasteiger partial charge in [0.15, 0.2) is 0 Å². The van der Waals surface area contributed by atoms with Crippen LogP contribution < -0.4 is 16.0 Å². The quantitative estimate of drug-likeness (QED) is 0.747. The normalized spacial score (nSPS) is 16.6. The highest BCUT2D eigenvalue weighted by atomic mass is 35.5. The third-order valence-corrected chi connectivity index (χ3v) is 4.98. The largest absolute Gasteiger partial charge is 0.352 e. The summed E-state index contributed by atoms with van der Waals surface area (Å²) in [6, 6.07) is 10.7. The van der Waals surface area contributed by atoms with E-state index in [9.17, 15) is 9.59 Å². The number of nitrogens with one attached hydrogen (secondary N) is 3. The molecule has 1 unspecified atom stereocenters. The first kappa shape index (κ1) is 19.4. The lowest BCUT2D eigenvalue weighted by molar-refractivity contribution is 0.0945. The zero-order chi connectivity index (χ0) is 16.8. The van der Waals surface area contributed by atoms with Crippen molar-refractivity contribution in [2.45, 2.75) is 12.8 Å². The molecule has 2 aromatic rings. The molecule has 3 rings (SSSR count). The van der Waals surface area contributed by atoms with Crippen LogP contribution in [0.2, 0.25) is 0 Å². The molecule has 1 saturated heterocycles. The number of amides is 2. The number of anilines is 1. The highest BCUT2D eigenvalue weighted by Crippen LogP contribution is 2.18. The van der Waals surface area contributed by atoms with E-state index in [1.165, 1.54) is 11.3 Å². The van der Waals surface area contributed by atoms with Crippen LogP contribution in [0.5, 0.6) is 0 Å². The van der Waals surface area contributed by atoms with E-state index in [1.807, 2.05) is 17.5 Å². The van der Waals surface area contributed by atoms with Crippen LogP contribution in [-0.4, -0.2) is 31.4 Å². The number of benzene rings is 1. The molecule has 1 atom stereocenters. The zero-order valence-corrected chi connectivity index (χ0v) is 15.4. The first-order chi connectivity index (χ1) is 11.7. The van der Waals surface area contributed by atoms with Crippen LogP contribution in [0.1, 0.15) is 32.9 Å². The fourth-order valence-corrected chi connectivity index (χ4v) is 3.43. The first-order valence-electron chi connectivity index (χ1n) is 8.17. The third kappa shape index (κ3) is 5.29. The average Bonchev–Trinajstić information content (AvgIpc) is 3.16. The number of thiophene rings is 1. The van der Waals surface area contributed by atoms with Gasteiger partial charge in [0.2, 0.25) is 0 Å². The van der Waals surface area contributed by atoms with Crippen molar-refractivity contribution < 1.29 is 9.59 Å². The van der Waals surface area contributed by atoms with Crippen LogP contribution >= 0.6 is 23.7 Å². The van der Waals surface area contributed by atoms with Crippen molar-refractivity contribution >= 4 is 41.2 Å². The molecule has 25 heavy (non-hydrogen) atoms. The Morgan fingerprint density at radius 1 is 1.16 bits per heavy atom. The van der Waals surface area contributed by atoms with E-state index in [1.54, 1.807) is 24.3 Å². The van der Waals surface area contributed by atoms with Gasteiger partial charge < -0.3 is 16.0 Å². The minimum atomic E-state index is -0.193. The molecule has 1 aromatic heterocycles. The number of carbonyl (C=O) groups is 2. The Kier molecular flexibility index (Phi) is 7.43. The summed E-state index contributed by atoms with van der Waals surface area (Å²) in [6.45, 7) is 2.65. The predicted octanol–water partition coefficient (Wildman–Crippen LogP) is 3.15. The van der Waals surface area contributed by atoms with E-state index >= 15 is 0 Å². The predicted molar refractivity (Wildman–Crippen MR) is 104 cm³/mol.